The number of nitrogens with one attached hydrogen (secondary N) is 1. The van der Waals surface area contributed by atoms with Gasteiger partial charge in [0.05, 0.1) is 5.69 Å². The summed E-state index contributed by atoms with van der Waals surface area (Å²) in [7, 11) is 3.20. The van der Waals surface area contributed by atoms with Crippen LogP contribution in [-0.4, -0.2) is 40.1 Å². The number of aromatic nitrogens is 2. The molecule has 2 amide bonds. The molecule has 2 heterocycles. The maximum atomic E-state index is 13.3. The number of aryl methyl sites for hydroxylation is 1. The maximum Gasteiger partial charge on any atom is 0.288 e. The lowest BCUT2D eigenvalue weighted by atomic mass is 10.1. The summed E-state index contributed by atoms with van der Waals surface area (Å²) in [5.41, 5.74) is -0.433. The first-order valence-electron chi connectivity index (χ1n) is 8.38. The highest BCUT2D eigenvalue weighted by Crippen LogP contribution is 2.24. The van der Waals surface area contributed by atoms with Gasteiger partial charge < -0.3 is 10.2 Å². The van der Waals surface area contributed by atoms with Crippen molar-refractivity contribution in [2.45, 2.75) is 19.3 Å². The molecule has 2 aromatic rings. The smallest absolute Gasteiger partial charge is 0.288 e. The summed E-state index contributed by atoms with van der Waals surface area (Å²) in [5.74, 6) is -6.70. The molecule has 1 unspecified atom stereocenters. The van der Waals surface area contributed by atoms with E-state index in [0.29, 0.717) is 13.0 Å². The number of carbonyl (C=O) groups excluding carboxylic acids is 2. The van der Waals surface area contributed by atoms with E-state index in [9.17, 15) is 27.2 Å². The lowest BCUT2D eigenvalue weighted by molar-refractivity contribution is -0.134. The summed E-state index contributed by atoms with van der Waals surface area (Å²) in [6, 6.07) is 4.80. The van der Waals surface area contributed by atoms with Gasteiger partial charge in [-0.3, -0.25) is 14.3 Å². The Bertz CT molecular complexity index is 864. The van der Waals surface area contributed by atoms with Crippen LogP contribution in [0.15, 0.2) is 30.5 Å². The highest BCUT2D eigenvalue weighted by molar-refractivity contribution is 6.07. The Kier molecular flexibility index (Phi) is 6.42. The summed E-state index contributed by atoms with van der Waals surface area (Å²) in [4.78, 5) is 24.8. The molecule has 1 aromatic heterocycles. The van der Waals surface area contributed by atoms with E-state index in [1.807, 2.05) is 0 Å². The fraction of sp³-hybridized carbons (Fsp3) is 0.389. The topological polar surface area (TPSA) is 67.2 Å². The first-order chi connectivity index (χ1) is 13.0. The minimum Gasteiger partial charge on any atom is -0.345 e. The van der Waals surface area contributed by atoms with Crippen LogP contribution in [0.3, 0.4) is 0 Å². The predicted octanol–water partition coefficient (Wildman–Crippen LogP) is 2.91. The minimum absolute atomic E-state index is 0.185. The molecule has 1 aliphatic rings. The van der Waals surface area contributed by atoms with Crippen LogP contribution >= 0.6 is 0 Å². The molecule has 0 bridgehead atoms. The monoisotopic (exact) mass is 400 g/mol. The molecule has 1 atom stereocenters. The van der Waals surface area contributed by atoms with Gasteiger partial charge in [0.1, 0.15) is 11.6 Å². The molecule has 3 rings (SSSR count). The molecule has 1 aliphatic heterocycles. The van der Waals surface area contributed by atoms with Gasteiger partial charge in [-0.05, 0) is 24.6 Å². The lowest BCUT2D eigenvalue weighted by Crippen LogP contribution is -2.31. The van der Waals surface area contributed by atoms with Gasteiger partial charge in [-0.15, -0.1) is 0 Å². The number of anilines is 1. The number of hydrogen-bond donors (Lipinski definition) is 1. The van der Waals surface area contributed by atoms with E-state index in [1.165, 1.54) is 34.0 Å². The maximum absolute atomic E-state index is 13.3. The first-order valence-corrected chi connectivity index (χ1v) is 8.38. The van der Waals surface area contributed by atoms with Gasteiger partial charge in [-0.25, -0.2) is 8.78 Å². The van der Waals surface area contributed by atoms with Gasteiger partial charge in [-0.2, -0.15) is 13.9 Å². The van der Waals surface area contributed by atoms with Crippen molar-refractivity contribution < 1.29 is 27.2 Å². The summed E-state index contributed by atoms with van der Waals surface area (Å²) >= 11 is 0. The highest BCUT2D eigenvalue weighted by atomic mass is 19.3. The zero-order valence-electron chi connectivity index (χ0n) is 15.5. The number of amides is 2. The zero-order valence-corrected chi connectivity index (χ0v) is 15.5. The number of carbonyl (C=O) groups is 2. The van der Waals surface area contributed by atoms with Crippen molar-refractivity contribution in [2.24, 2.45) is 13.0 Å². The number of alkyl halides is 2. The molecule has 28 heavy (non-hydrogen) atoms. The van der Waals surface area contributed by atoms with Crippen LogP contribution in [0.5, 0.6) is 0 Å². The van der Waals surface area contributed by atoms with Crippen molar-refractivity contribution in [3.8, 4) is 0 Å². The molecule has 152 valence electrons. The van der Waals surface area contributed by atoms with Gasteiger partial charge in [0.15, 0.2) is 11.6 Å². The molecule has 1 N–H and O–H groups in total. The summed E-state index contributed by atoms with van der Waals surface area (Å²) in [6.45, 7) is 1.32. The van der Waals surface area contributed by atoms with Crippen LogP contribution in [0.1, 0.15) is 19.0 Å². The first kappa shape index (κ1) is 21.4. The number of rotatable bonds is 3. The number of hydrogen-bond acceptors (Lipinski definition) is 3. The van der Waals surface area contributed by atoms with Crippen molar-refractivity contribution in [3.05, 3.63) is 47.8 Å². The number of halogens is 4. The second-order valence-electron chi connectivity index (χ2n) is 6.45. The highest BCUT2D eigenvalue weighted by Gasteiger charge is 2.35. The molecule has 0 aliphatic carbocycles. The number of likely N-dealkylation sites (tertiary alicyclic amines) is 1. The molecular formula is C18H20F4N4O2. The molecule has 1 fully saturated rings. The Morgan fingerprint density at radius 2 is 1.93 bits per heavy atom. The van der Waals surface area contributed by atoms with E-state index < -0.39 is 29.4 Å². The Balaban J connectivity index is 0.000000237. The Morgan fingerprint density at radius 3 is 2.39 bits per heavy atom. The van der Waals surface area contributed by atoms with Crippen LogP contribution in [0.25, 0.3) is 0 Å². The Morgan fingerprint density at radius 1 is 1.25 bits per heavy atom. The SMILES string of the molecule is CN1CCC(C(=O)Nc2cccc(F)c2F)C1=O.Cn1ccc(C(C)(F)F)n1. The Labute approximate surface area is 159 Å². The van der Waals surface area contributed by atoms with E-state index in [2.05, 4.69) is 10.4 Å². The second-order valence-corrected chi connectivity index (χ2v) is 6.45. The van der Waals surface area contributed by atoms with Crippen LogP contribution in [-0.2, 0) is 22.6 Å². The third-order valence-corrected chi connectivity index (χ3v) is 4.12. The molecule has 0 saturated carbocycles. The van der Waals surface area contributed by atoms with Crippen molar-refractivity contribution >= 4 is 17.5 Å². The average molecular weight is 400 g/mol. The molecule has 1 aromatic carbocycles. The quantitative estimate of drug-likeness (QED) is 0.636. The summed E-state index contributed by atoms with van der Waals surface area (Å²) in [5, 5.41) is 5.79. The summed E-state index contributed by atoms with van der Waals surface area (Å²) in [6.07, 6.45) is 1.88. The van der Waals surface area contributed by atoms with Gasteiger partial charge >= 0.3 is 0 Å². The number of nitrogens with zero attached hydrogens (tertiary/aromatic N) is 3. The van der Waals surface area contributed by atoms with Gasteiger partial charge in [0.2, 0.25) is 11.8 Å². The van der Waals surface area contributed by atoms with Crippen molar-refractivity contribution in [3.63, 3.8) is 0 Å². The van der Waals surface area contributed by atoms with Gasteiger partial charge in [0.25, 0.3) is 5.92 Å². The van der Waals surface area contributed by atoms with E-state index in [-0.39, 0.29) is 17.3 Å². The van der Waals surface area contributed by atoms with Crippen molar-refractivity contribution in [2.75, 3.05) is 18.9 Å². The predicted molar refractivity (Wildman–Crippen MR) is 93.5 cm³/mol. The van der Waals surface area contributed by atoms with Crippen LogP contribution < -0.4 is 5.32 Å². The van der Waals surface area contributed by atoms with Crippen LogP contribution in [0, 0.1) is 17.6 Å². The van der Waals surface area contributed by atoms with E-state index in [0.717, 1.165) is 13.0 Å². The van der Waals surface area contributed by atoms with Crippen molar-refractivity contribution in [1.29, 1.82) is 0 Å². The Hall–Kier alpha value is -2.91. The summed E-state index contributed by atoms with van der Waals surface area (Å²) < 4.78 is 52.4. The normalized spacial score (nSPS) is 16.6. The largest absolute Gasteiger partial charge is 0.345 e. The molecule has 10 heteroatoms. The van der Waals surface area contributed by atoms with Crippen LogP contribution in [0.4, 0.5) is 23.2 Å². The number of benzene rings is 1. The minimum atomic E-state index is -2.82. The lowest BCUT2D eigenvalue weighted by Gasteiger charge is -2.11. The van der Waals surface area contributed by atoms with Crippen LogP contribution in [0.2, 0.25) is 0 Å². The van der Waals surface area contributed by atoms with Gasteiger partial charge in [0, 0.05) is 33.8 Å². The van der Waals surface area contributed by atoms with E-state index in [4.69, 9.17) is 0 Å². The molecule has 6 nitrogen and oxygen atoms in total. The third kappa shape index (κ3) is 5.08. The fourth-order valence-corrected chi connectivity index (χ4v) is 2.54. The zero-order chi connectivity index (χ0) is 21.1. The fourth-order valence-electron chi connectivity index (χ4n) is 2.54. The average Bonchev–Trinajstić information content (AvgIpc) is 3.19. The van der Waals surface area contributed by atoms with Crippen molar-refractivity contribution in [1.82, 2.24) is 14.7 Å². The van der Waals surface area contributed by atoms with E-state index in [1.54, 1.807) is 14.1 Å². The molecular weight excluding hydrogens is 380 g/mol. The standard InChI is InChI=1S/C12H12F2N2O2.C6H8F2N2/c1-16-6-5-7(12(16)18)11(17)15-9-4-2-3-8(13)10(9)14;1-6(7,8)5-3-4-10(2)9-5/h2-4,7H,5-6H2,1H3,(H,15,17);3-4H,1-2H3. The molecule has 1 saturated heterocycles. The second kappa shape index (κ2) is 8.41. The molecule has 0 spiro atoms. The van der Waals surface area contributed by atoms with E-state index >= 15 is 0 Å². The third-order valence-electron chi connectivity index (χ3n) is 4.12. The van der Waals surface area contributed by atoms with Gasteiger partial charge in [-0.1, -0.05) is 6.07 Å². The molecule has 0 radical (unpaired) electrons.